The predicted molar refractivity (Wildman–Crippen MR) is 42.5 cm³/mol. The fourth-order valence-corrected chi connectivity index (χ4v) is 1.11. The minimum atomic E-state index is 0.114. The third-order valence-electron chi connectivity index (χ3n) is 0.768. The van der Waals surface area contributed by atoms with E-state index >= 15 is 0 Å². The van der Waals surface area contributed by atoms with E-state index in [-0.39, 0.29) is 6.61 Å². The fraction of sp³-hybridized carbons (Fsp3) is 0.571. The normalized spacial score (nSPS) is 8.33. The van der Waals surface area contributed by atoms with Crippen molar-refractivity contribution in [2.45, 2.75) is 13.8 Å². The van der Waals surface area contributed by atoms with E-state index in [9.17, 15) is 0 Å². The lowest BCUT2D eigenvalue weighted by molar-refractivity contribution is 0.339. The SMILES string of the molecule is CC=C=C(CO)SCC. The number of aliphatic hydroxyl groups is 1. The van der Waals surface area contributed by atoms with Crippen molar-refractivity contribution < 1.29 is 5.11 Å². The van der Waals surface area contributed by atoms with Crippen LogP contribution in [0.2, 0.25) is 0 Å². The van der Waals surface area contributed by atoms with Gasteiger partial charge in [-0.15, -0.1) is 17.5 Å². The Labute approximate surface area is 60.5 Å². The number of rotatable bonds is 3. The monoisotopic (exact) mass is 144 g/mol. The molecule has 0 atom stereocenters. The first-order valence-electron chi connectivity index (χ1n) is 2.99. The molecule has 0 aliphatic carbocycles. The summed E-state index contributed by atoms with van der Waals surface area (Å²) < 4.78 is 0. The van der Waals surface area contributed by atoms with Gasteiger partial charge in [0.05, 0.1) is 11.5 Å². The van der Waals surface area contributed by atoms with Gasteiger partial charge in [0.15, 0.2) is 0 Å². The first kappa shape index (κ1) is 8.83. The molecule has 0 saturated heterocycles. The highest BCUT2D eigenvalue weighted by atomic mass is 32.2. The molecule has 0 aliphatic heterocycles. The highest BCUT2D eigenvalue weighted by molar-refractivity contribution is 8.03. The van der Waals surface area contributed by atoms with Gasteiger partial charge >= 0.3 is 0 Å². The van der Waals surface area contributed by atoms with E-state index in [2.05, 4.69) is 12.7 Å². The molecule has 1 N–H and O–H groups in total. The summed E-state index contributed by atoms with van der Waals surface area (Å²) in [6.07, 6.45) is 1.81. The lowest BCUT2D eigenvalue weighted by Crippen LogP contribution is -1.82. The molecule has 0 aromatic heterocycles. The molecule has 0 aliphatic rings. The van der Waals surface area contributed by atoms with Gasteiger partial charge in [0.1, 0.15) is 0 Å². The predicted octanol–water partition coefficient (Wildman–Crippen LogP) is 1.79. The molecular formula is C7H12OS. The molecule has 0 aromatic rings. The first-order valence-corrected chi connectivity index (χ1v) is 3.97. The van der Waals surface area contributed by atoms with Crippen molar-refractivity contribution in [2.75, 3.05) is 12.4 Å². The Hall–Kier alpha value is -0.170. The Morgan fingerprint density at radius 2 is 2.44 bits per heavy atom. The summed E-state index contributed by atoms with van der Waals surface area (Å²) in [4.78, 5) is 0.917. The quantitative estimate of drug-likeness (QED) is 0.609. The lowest BCUT2D eigenvalue weighted by Gasteiger charge is -1.93. The molecule has 0 saturated carbocycles. The van der Waals surface area contributed by atoms with Crippen LogP contribution in [0.5, 0.6) is 0 Å². The van der Waals surface area contributed by atoms with E-state index in [4.69, 9.17) is 5.11 Å². The van der Waals surface area contributed by atoms with E-state index in [1.807, 2.05) is 13.0 Å². The van der Waals surface area contributed by atoms with Crippen LogP contribution in [0, 0.1) is 0 Å². The summed E-state index contributed by atoms with van der Waals surface area (Å²) in [5.74, 6) is 0.997. The molecule has 0 amide bonds. The van der Waals surface area contributed by atoms with Crippen molar-refractivity contribution in [3.05, 3.63) is 16.7 Å². The molecule has 9 heavy (non-hydrogen) atoms. The van der Waals surface area contributed by atoms with Gasteiger partial charge < -0.3 is 5.11 Å². The molecule has 0 radical (unpaired) electrons. The molecule has 0 bridgehead atoms. The molecular weight excluding hydrogens is 132 g/mol. The third-order valence-corrected chi connectivity index (χ3v) is 1.65. The molecule has 0 spiro atoms. The maximum atomic E-state index is 8.65. The average molecular weight is 144 g/mol. The van der Waals surface area contributed by atoms with Gasteiger partial charge in [-0.25, -0.2) is 0 Å². The zero-order valence-electron chi connectivity index (χ0n) is 5.85. The summed E-state index contributed by atoms with van der Waals surface area (Å²) in [7, 11) is 0. The standard InChI is InChI=1S/C7H12OS/c1-3-5-7(6-8)9-4-2/h3,8H,4,6H2,1-2H3. The highest BCUT2D eigenvalue weighted by Crippen LogP contribution is 2.11. The molecule has 0 aromatic carbocycles. The van der Waals surface area contributed by atoms with Gasteiger partial charge in [-0.3, -0.25) is 0 Å². The van der Waals surface area contributed by atoms with Crippen molar-refractivity contribution >= 4 is 11.8 Å². The summed E-state index contributed by atoms with van der Waals surface area (Å²) in [5.41, 5.74) is 2.94. The molecule has 0 fully saturated rings. The van der Waals surface area contributed by atoms with Crippen molar-refractivity contribution in [1.82, 2.24) is 0 Å². The van der Waals surface area contributed by atoms with Crippen LogP contribution in [0.15, 0.2) is 16.7 Å². The van der Waals surface area contributed by atoms with Crippen LogP contribution in [0.3, 0.4) is 0 Å². The van der Waals surface area contributed by atoms with Crippen LogP contribution in [-0.2, 0) is 0 Å². The van der Waals surface area contributed by atoms with Crippen LogP contribution in [-0.4, -0.2) is 17.5 Å². The summed E-state index contributed by atoms with van der Waals surface area (Å²) >= 11 is 1.63. The Bertz CT molecular complexity index is 123. The third kappa shape index (κ3) is 4.34. The van der Waals surface area contributed by atoms with Gasteiger partial charge in [0.25, 0.3) is 0 Å². The minimum Gasteiger partial charge on any atom is -0.390 e. The van der Waals surface area contributed by atoms with Crippen LogP contribution in [0.1, 0.15) is 13.8 Å². The molecule has 52 valence electrons. The lowest BCUT2D eigenvalue weighted by atomic mass is 10.6. The molecule has 0 unspecified atom stereocenters. The highest BCUT2D eigenvalue weighted by Gasteiger charge is 1.88. The van der Waals surface area contributed by atoms with Gasteiger partial charge in [0.2, 0.25) is 0 Å². The Morgan fingerprint density at radius 3 is 2.78 bits per heavy atom. The average Bonchev–Trinajstić information content (AvgIpc) is 1.88. The maximum absolute atomic E-state index is 8.65. The molecule has 0 heterocycles. The van der Waals surface area contributed by atoms with Crippen LogP contribution < -0.4 is 0 Å². The van der Waals surface area contributed by atoms with Gasteiger partial charge in [-0.2, -0.15) is 0 Å². The van der Waals surface area contributed by atoms with E-state index in [1.165, 1.54) is 0 Å². The summed E-state index contributed by atoms with van der Waals surface area (Å²) in [6.45, 7) is 4.06. The Balaban J connectivity index is 3.83. The van der Waals surface area contributed by atoms with Crippen LogP contribution >= 0.6 is 11.8 Å². The second-order valence-electron chi connectivity index (χ2n) is 1.45. The smallest absolute Gasteiger partial charge is 0.0813 e. The van der Waals surface area contributed by atoms with Crippen LogP contribution in [0.4, 0.5) is 0 Å². The van der Waals surface area contributed by atoms with E-state index in [0.717, 1.165) is 10.7 Å². The fourth-order valence-electron chi connectivity index (χ4n) is 0.468. The maximum Gasteiger partial charge on any atom is 0.0813 e. The van der Waals surface area contributed by atoms with Gasteiger partial charge in [-0.1, -0.05) is 6.92 Å². The largest absolute Gasteiger partial charge is 0.390 e. The van der Waals surface area contributed by atoms with Crippen molar-refractivity contribution in [3.63, 3.8) is 0 Å². The summed E-state index contributed by atoms with van der Waals surface area (Å²) in [5, 5.41) is 8.65. The minimum absolute atomic E-state index is 0.114. The number of hydrogen-bond acceptors (Lipinski definition) is 2. The summed E-state index contributed by atoms with van der Waals surface area (Å²) in [6, 6.07) is 0. The second-order valence-corrected chi connectivity index (χ2v) is 2.81. The Kier molecular flexibility index (Phi) is 5.85. The van der Waals surface area contributed by atoms with Crippen molar-refractivity contribution in [3.8, 4) is 0 Å². The zero-order valence-corrected chi connectivity index (χ0v) is 6.66. The first-order chi connectivity index (χ1) is 4.35. The van der Waals surface area contributed by atoms with E-state index in [1.54, 1.807) is 11.8 Å². The van der Waals surface area contributed by atoms with E-state index in [0.29, 0.717) is 0 Å². The Morgan fingerprint density at radius 1 is 1.78 bits per heavy atom. The van der Waals surface area contributed by atoms with Crippen molar-refractivity contribution in [2.24, 2.45) is 0 Å². The molecule has 0 rings (SSSR count). The van der Waals surface area contributed by atoms with E-state index < -0.39 is 0 Å². The molecule has 2 heteroatoms. The van der Waals surface area contributed by atoms with Gasteiger partial charge in [0, 0.05) is 0 Å². The second kappa shape index (κ2) is 5.96. The number of thioether (sulfide) groups is 1. The zero-order chi connectivity index (χ0) is 7.11. The number of aliphatic hydroxyl groups excluding tert-OH is 1. The number of hydrogen-bond donors (Lipinski definition) is 1. The van der Waals surface area contributed by atoms with Gasteiger partial charge in [-0.05, 0) is 18.8 Å². The topological polar surface area (TPSA) is 20.2 Å². The van der Waals surface area contributed by atoms with Crippen molar-refractivity contribution in [1.29, 1.82) is 0 Å². The van der Waals surface area contributed by atoms with Crippen LogP contribution in [0.25, 0.3) is 0 Å². The molecule has 1 nitrogen and oxygen atoms in total.